The van der Waals surface area contributed by atoms with Gasteiger partial charge in [0.1, 0.15) is 11.5 Å². The maximum absolute atomic E-state index is 14.4. The van der Waals surface area contributed by atoms with Gasteiger partial charge in [-0.25, -0.2) is 4.98 Å². The Morgan fingerprint density at radius 3 is 2.43 bits per heavy atom. The summed E-state index contributed by atoms with van der Waals surface area (Å²) in [6, 6.07) is 21.9. The van der Waals surface area contributed by atoms with Crippen molar-refractivity contribution in [2.45, 2.75) is 12.8 Å². The van der Waals surface area contributed by atoms with Crippen molar-refractivity contribution in [3.05, 3.63) is 83.4 Å². The molecule has 1 fully saturated rings. The SMILES string of the molecule is Cc1ccc2nc(N(CCN3CCOCC3)C(=O)C3c4ccccc4Oc4ccccc43)sc2c1. The molecule has 2 aliphatic heterocycles. The molecule has 0 spiro atoms. The van der Waals surface area contributed by atoms with Crippen LogP contribution in [0.4, 0.5) is 5.13 Å². The van der Waals surface area contributed by atoms with Crippen molar-refractivity contribution >= 4 is 32.6 Å². The fraction of sp³-hybridized carbons (Fsp3) is 0.286. The number of nitrogens with zero attached hydrogens (tertiary/aromatic N) is 3. The molecule has 3 heterocycles. The molecule has 1 saturated heterocycles. The van der Waals surface area contributed by atoms with Gasteiger partial charge in [0, 0.05) is 37.3 Å². The van der Waals surface area contributed by atoms with E-state index in [1.54, 1.807) is 11.3 Å². The molecule has 0 N–H and O–H groups in total. The highest BCUT2D eigenvalue weighted by molar-refractivity contribution is 7.22. The summed E-state index contributed by atoms with van der Waals surface area (Å²) in [4.78, 5) is 23.6. The van der Waals surface area contributed by atoms with Crippen LogP contribution in [0.15, 0.2) is 66.7 Å². The van der Waals surface area contributed by atoms with E-state index in [0.29, 0.717) is 6.54 Å². The van der Waals surface area contributed by atoms with Gasteiger partial charge in [-0.3, -0.25) is 14.6 Å². The lowest BCUT2D eigenvalue weighted by molar-refractivity contribution is -0.119. The lowest BCUT2D eigenvalue weighted by atomic mass is 9.87. The lowest BCUT2D eigenvalue weighted by Gasteiger charge is -2.33. The summed E-state index contributed by atoms with van der Waals surface area (Å²) in [6.07, 6.45) is 0. The average Bonchev–Trinajstić information content (AvgIpc) is 3.30. The molecule has 0 aliphatic carbocycles. The number of carbonyl (C=O) groups excluding carboxylic acids is 1. The average molecular weight is 486 g/mol. The predicted molar refractivity (Wildman–Crippen MR) is 139 cm³/mol. The van der Waals surface area contributed by atoms with Gasteiger partial charge >= 0.3 is 0 Å². The van der Waals surface area contributed by atoms with Crippen molar-refractivity contribution in [1.29, 1.82) is 0 Å². The highest BCUT2D eigenvalue weighted by Crippen LogP contribution is 2.45. The molecule has 6 nitrogen and oxygen atoms in total. The Labute approximate surface area is 208 Å². The lowest BCUT2D eigenvalue weighted by Crippen LogP contribution is -2.44. The molecular weight excluding hydrogens is 458 g/mol. The fourth-order valence-electron chi connectivity index (χ4n) is 4.83. The number of fused-ring (bicyclic) bond motifs is 3. The molecular formula is C28H27N3O3S. The molecule has 4 aromatic rings. The first-order valence-corrected chi connectivity index (χ1v) is 12.8. The number of ether oxygens (including phenoxy) is 2. The van der Waals surface area contributed by atoms with Gasteiger partial charge in [0.05, 0.1) is 29.3 Å². The van der Waals surface area contributed by atoms with E-state index in [1.165, 1.54) is 5.56 Å². The van der Waals surface area contributed by atoms with Crippen LogP contribution in [0, 0.1) is 6.92 Å². The monoisotopic (exact) mass is 485 g/mol. The number of para-hydroxylation sites is 2. The number of carbonyl (C=O) groups is 1. The smallest absolute Gasteiger partial charge is 0.241 e. The molecule has 3 aromatic carbocycles. The van der Waals surface area contributed by atoms with Crippen molar-refractivity contribution in [3.63, 3.8) is 0 Å². The minimum Gasteiger partial charge on any atom is -0.457 e. The number of hydrogen-bond donors (Lipinski definition) is 0. The second kappa shape index (κ2) is 9.41. The normalized spacial score (nSPS) is 15.9. The van der Waals surface area contributed by atoms with Gasteiger partial charge < -0.3 is 9.47 Å². The molecule has 7 heteroatoms. The van der Waals surface area contributed by atoms with Crippen LogP contribution in [0.25, 0.3) is 10.2 Å². The summed E-state index contributed by atoms with van der Waals surface area (Å²) in [7, 11) is 0. The van der Waals surface area contributed by atoms with Gasteiger partial charge in [-0.1, -0.05) is 53.8 Å². The molecule has 2 aliphatic rings. The van der Waals surface area contributed by atoms with Crippen molar-refractivity contribution in [3.8, 4) is 11.5 Å². The summed E-state index contributed by atoms with van der Waals surface area (Å²) < 4.78 is 12.8. The highest BCUT2D eigenvalue weighted by atomic mass is 32.1. The fourth-order valence-corrected chi connectivity index (χ4v) is 5.93. The Balaban J connectivity index is 1.41. The molecule has 6 rings (SSSR count). The maximum Gasteiger partial charge on any atom is 0.241 e. The third kappa shape index (κ3) is 4.31. The zero-order valence-corrected chi connectivity index (χ0v) is 20.5. The number of morpholine rings is 1. The topological polar surface area (TPSA) is 54.9 Å². The van der Waals surface area contributed by atoms with Crippen LogP contribution in [0.3, 0.4) is 0 Å². The van der Waals surface area contributed by atoms with Crippen molar-refractivity contribution < 1.29 is 14.3 Å². The van der Waals surface area contributed by atoms with Crippen LogP contribution in [-0.4, -0.2) is 55.2 Å². The minimum absolute atomic E-state index is 0.0252. The summed E-state index contributed by atoms with van der Waals surface area (Å²) in [5.41, 5.74) is 3.90. The van der Waals surface area contributed by atoms with Gasteiger partial charge in [0.2, 0.25) is 5.91 Å². The number of amides is 1. The summed E-state index contributed by atoms with van der Waals surface area (Å²) >= 11 is 1.58. The van der Waals surface area contributed by atoms with Crippen LogP contribution >= 0.6 is 11.3 Å². The van der Waals surface area contributed by atoms with Crippen LogP contribution < -0.4 is 9.64 Å². The first-order chi connectivity index (χ1) is 17.2. The van der Waals surface area contributed by atoms with Crippen LogP contribution in [0.5, 0.6) is 11.5 Å². The molecule has 1 aromatic heterocycles. The van der Waals surface area contributed by atoms with Crippen LogP contribution in [0.1, 0.15) is 22.6 Å². The van der Waals surface area contributed by atoms with E-state index in [-0.39, 0.29) is 5.91 Å². The Bertz CT molecular complexity index is 1330. The van der Waals surface area contributed by atoms with E-state index in [9.17, 15) is 4.79 Å². The summed E-state index contributed by atoms with van der Waals surface area (Å²) in [6.45, 7) is 6.64. The van der Waals surface area contributed by atoms with Gasteiger partial charge in [-0.15, -0.1) is 0 Å². The largest absolute Gasteiger partial charge is 0.457 e. The van der Waals surface area contributed by atoms with E-state index >= 15 is 0 Å². The van der Waals surface area contributed by atoms with Crippen molar-refractivity contribution in [1.82, 2.24) is 9.88 Å². The number of rotatable bonds is 5. The Morgan fingerprint density at radius 2 is 1.71 bits per heavy atom. The van der Waals surface area contributed by atoms with E-state index in [0.717, 1.165) is 70.8 Å². The number of aryl methyl sites for hydroxylation is 1. The minimum atomic E-state index is -0.449. The quantitative estimate of drug-likeness (QED) is 0.389. The van der Waals surface area contributed by atoms with Gasteiger partial charge in [0.25, 0.3) is 0 Å². The van der Waals surface area contributed by atoms with Crippen molar-refractivity contribution in [2.24, 2.45) is 0 Å². The molecule has 0 saturated carbocycles. The van der Waals surface area contributed by atoms with Gasteiger partial charge in [-0.05, 0) is 36.8 Å². The van der Waals surface area contributed by atoms with E-state index in [1.807, 2.05) is 59.5 Å². The zero-order valence-electron chi connectivity index (χ0n) is 19.6. The molecule has 1 amide bonds. The number of benzene rings is 3. The van der Waals surface area contributed by atoms with Crippen molar-refractivity contribution in [2.75, 3.05) is 44.3 Å². The van der Waals surface area contributed by atoms with E-state index < -0.39 is 5.92 Å². The second-order valence-electron chi connectivity index (χ2n) is 9.02. The molecule has 0 atom stereocenters. The first-order valence-electron chi connectivity index (χ1n) is 12.0. The Morgan fingerprint density at radius 1 is 1.03 bits per heavy atom. The Kier molecular flexibility index (Phi) is 5.98. The van der Waals surface area contributed by atoms with Crippen LogP contribution in [0.2, 0.25) is 0 Å². The zero-order chi connectivity index (χ0) is 23.8. The molecule has 178 valence electrons. The predicted octanol–water partition coefficient (Wildman–Crippen LogP) is 5.21. The first kappa shape index (κ1) is 22.2. The number of aromatic nitrogens is 1. The molecule has 0 unspecified atom stereocenters. The van der Waals surface area contributed by atoms with E-state index in [4.69, 9.17) is 14.5 Å². The second-order valence-corrected chi connectivity index (χ2v) is 10.0. The molecule has 0 bridgehead atoms. The third-order valence-electron chi connectivity index (χ3n) is 6.70. The van der Waals surface area contributed by atoms with Crippen LogP contribution in [-0.2, 0) is 9.53 Å². The molecule has 0 radical (unpaired) electrons. The summed E-state index contributed by atoms with van der Waals surface area (Å²) in [5.74, 6) is 1.04. The maximum atomic E-state index is 14.4. The highest BCUT2D eigenvalue weighted by Gasteiger charge is 2.36. The standard InChI is InChI=1S/C28H27N3O3S/c1-19-10-11-22-25(18-19)35-28(29-22)31(13-12-30-14-16-33-17-15-30)27(32)26-20-6-2-4-8-23(20)34-24-9-5-3-7-21(24)26/h2-11,18,26H,12-17H2,1H3. The molecule has 35 heavy (non-hydrogen) atoms. The third-order valence-corrected chi connectivity index (χ3v) is 7.74. The summed E-state index contributed by atoms with van der Waals surface area (Å²) in [5, 5.41) is 0.741. The van der Waals surface area contributed by atoms with Gasteiger partial charge in [-0.2, -0.15) is 0 Å². The van der Waals surface area contributed by atoms with E-state index in [2.05, 4.69) is 24.0 Å². The number of anilines is 1. The Hall–Kier alpha value is -3.26. The van der Waals surface area contributed by atoms with Gasteiger partial charge in [0.15, 0.2) is 5.13 Å². The number of thiazole rings is 1. The number of hydrogen-bond acceptors (Lipinski definition) is 6.